The lowest BCUT2D eigenvalue weighted by atomic mass is 9.69. The van der Waals surface area contributed by atoms with E-state index in [1.807, 2.05) is 50.7 Å². The van der Waals surface area contributed by atoms with E-state index in [-0.39, 0.29) is 12.0 Å². The fourth-order valence-corrected chi connectivity index (χ4v) is 5.91. The number of rotatable bonds is 8. The van der Waals surface area contributed by atoms with Crippen molar-refractivity contribution in [3.05, 3.63) is 82.2 Å². The predicted octanol–water partition coefficient (Wildman–Crippen LogP) is 5.88. The van der Waals surface area contributed by atoms with E-state index in [4.69, 9.17) is 4.74 Å². The van der Waals surface area contributed by atoms with Crippen LogP contribution in [0.15, 0.2) is 48.8 Å². The highest BCUT2D eigenvalue weighted by Gasteiger charge is 2.40. The molecule has 0 aliphatic carbocycles. The average Bonchev–Trinajstić information content (AvgIpc) is 3.27. The summed E-state index contributed by atoms with van der Waals surface area (Å²) < 4.78 is 8.16. The van der Waals surface area contributed by atoms with Crippen molar-refractivity contribution in [2.45, 2.75) is 79.6 Å². The topological polar surface area (TPSA) is 93.4 Å². The quantitative estimate of drug-likeness (QED) is 0.298. The predicted molar refractivity (Wildman–Crippen MR) is 155 cm³/mol. The Balaban J connectivity index is 1.56. The zero-order valence-electron chi connectivity index (χ0n) is 24.3. The molecule has 0 spiro atoms. The molecule has 0 saturated heterocycles. The highest BCUT2D eigenvalue weighted by Crippen LogP contribution is 2.44. The van der Waals surface area contributed by atoms with E-state index >= 15 is 0 Å². The number of carboxylic acid groups (broad SMARTS) is 1. The molecule has 2 unspecified atom stereocenters. The highest BCUT2D eigenvalue weighted by molar-refractivity contribution is 5.82. The third-order valence-corrected chi connectivity index (χ3v) is 8.43. The van der Waals surface area contributed by atoms with Crippen LogP contribution in [0, 0.1) is 19.3 Å². The molecule has 2 atom stereocenters. The molecule has 8 nitrogen and oxygen atoms in total. The third-order valence-electron chi connectivity index (χ3n) is 8.43. The first-order chi connectivity index (χ1) is 19.1. The zero-order valence-corrected chi connectivity index (χ0v) is 24.3. The Morgan fingerprint density at radius 2 is 1.98 bits per heavy atom. The van der Waals surface area contributed by atoms with Crippen LogP contribution < -0.4 is 4.74 Å². The number of hydrogen-bond donors (Lipinski definition) is 1. The lowest BCUT2D eigenvalue weighted by Crippen LogP contribution is -2.33. The normalized spacial score (nSPS) is 16.8. The molecule has 3 heterocycles. The summed E-state index contributed by atoms with van der Waals surface area (Å²) in [6.45, 7) is 15.0. The second-order valence-corrected chi connectivity index (χ2v) is 11.5. The van der Waals surface area contributed by atoms with Gasteiger partial charge < -0.3 is 9.84 Å². The maximum atomic E-state index is 12.7. The van der Waals surface area contributed by atoms with Crippen LogP contribution in [0.4, 0.5) is 0 Å². The number of pyridine rings is 1. The maximum absolute atomic E-state index is 12.7. The summed E-state index contributed by atoms with van der Waals surface area (Å²) in [5.41, 5.74) is 7.09. The first-order valence-corrected chi connectivity index (χ1v) is 14.1. The van der Waals surface area contributed by atoms with Crippen molar-refractivity contribution in [2.24, 2.45) is 5.41 Å². The standard InChI is InChI=1S/C32H39N5O3/c1-7-25-19-36(18-24-16-33-14-13-28(24)40-25)17-23-15-22(10-9-20(23)3)29(32(5,6)31(38)39)26-11-12-27-30(21(26)4)34-35-37(27)8-2/h9-16,25,29H,7-8,17-19H2,1-6H3,(H,38,39). The average molecular weight is 542 g/mol. The van der Waals surface area contributed by atoms with Crippen molar-refractivity contribution in [3.8, 4) is 5.75 Å². The van der Waals surface area contributed by atoms with Crippen LogP contribution in [0.3, 0.4) is 0 Å². The van der Waals surface area contributed by atoms with Gasteiger partial charge in [0.05, 0.1) is 10.9 Å². The molecule has 210 valence electrons. The molecule has 2 aromatic carbocycles. The van der Waals surface area contributed by atoms with Gasteiger partial charge in [0.15, 0.2) is 0 Å². The Hall–Kier alpha value is -3.78. The van der Waals surface area contributed by atoms with Crippen LogP contribution >= 0.6 is 0 Å². The van der Waals surface area contributed by atoms with Gasteiger partial charge in [0, 0.05) is 50.1 Å². The van der Waals surface area contributed by atoms with Crippen molar-refractivity contribution >= 4 is 17.0 Å². The fourth-order valence-electron chi connectivity index (χ4n) is 5.91. The molecule has 5 rings (SSSR count). The molecule has 0 fully saturated rings. The van der Waals surface area contributed by atoms with Gasteiger partial charge in [-0.1, -0.05) is 36.4 Å². The summed E-state index contributed by atoms with van der Waals surface area (Å²) >= 11 is 0. The zero-order chi connectivity index (χ0) is 28.6. The van der Waals surface area contributed by atoms with E-state index in [0.717, 1.165) is 71.6 Å². The molecule has 0 amide bonds. The van der Waals surface area contributed by atoms with E-state index < -0.39 is 11.4 Å². The van der Waals surface area contributed by atoms with Gasteiger partial charge in [0.2, 0.25) is 0 Å². The lowest BCUT2D eigenvalue weighted by molar-refractivity contribution is -0.147. The van der Waals surface area contributed by atoms with Gasteiger partial charge in [0.25, 0.3) is 0 Å². The SMILES string of the molecule is CCC1CN(Cc2cc(C(c3ccc4c(nnn4CC)c3C)C(C)(C)C(=O)O)ccc2C)Cc2cnccc2O1. The molecule has 1 N–H and O–H groups in total. The van der Waals surface area contributed by atoms with Gasteiger partial charge in [-0.05, 0) is 81.0 Å². The number of benzene rings is 2. The summed E-state index contributed by atoms with van der Waals surface area (Å²) in [4.78, 5) is 19.4. The van der Waals surface area contributed by atoms with Crippen molar-refractivity contribution in [1.82, 2.24) is 24.9 Å². The van der Waals surface area contributed by atoms with Crippen LogP contribution in [0.5, 0.6) is 5.75 Å². The summed E-state index contributed by atoms with van der Waals surface area (Å²) in [5, 5.41) is 19.1. The first kappa shape index (κ1) is 27.8. The number of fused-ring (bicyclic) bond motifs is 2. The number of aromatic nitrogens is 4. The number of carboxylic acids is 1. The second kappa shape index (κ2) is 11.0. The summed E-state index contributed by atoms with van der Waals surface area (Å²) in [6, 6.07) is 12.4. The Labute approximate surface area is 236 Å². The maximum Gasteiger partial charge on any atom is 0.310 e. The molecule has 0 radical (unpaired) electrons. The first-order valence-electron chi connectivity index (χ1n) is 14.1. The van der Waals surface area contributed by atoms with E-state index in [1.165, 1.54) is 11.1 Å². The molecule has 8 heteroatoms. The van der Waals surface area contributed by atoms with Crippen LogP contribution in [0.25, 0.3) is 11.0 Å². The summed E-state index contributed by atoms with van der Waals surface area (Å²) in [6.07, 6.45) is 4.68. The van der Waals surface area contributed by atoms with Crippen LogP contribution in [0.2, 0.25) is 0 Å². The van der Waals surface area contributed by atoms with E-state index in [2.05, 4.69) is 58.3 Å². The Morgan fingerprint density at radius 3 is 2.70 bits per heavy atom. The monoisotopic (exact) mass is 541 g/mol. The van der Waals surface area contributed by atoms with E-state index in [1.54, 1.807) is 6.20 Å². The molecule has 1 aliphatic heterocycles. The third kappa shape index (κ3) is 5.08. The number of carbonyl (C=O) groups is 1. The van der Waals surface area contributed by atoms with Crippen LogP contribution in [-0.2, 0) is 24.4 Å². The molecule has 40 heavy (non-hydrogen) atoms. The van der Waals surface area contributed by atoms with E-state index in [0.29, 0.717) is 0 Å². The minimum absolute atomic E-state index is 0.0942. The van der Waals surface area contributed by atoms with Gasteiger partial charge >= 0.3 is 5.97 Å². The summed E-state index contributed by atoms with van der Waals surface area (Å²) in [5.74, 6) is -0.304. The van der Waals surface area contributed by atoms with Crippen LogP contribution in [0.1, 0.15) is 73.4 Å². The van der Waals surface area contributed by atoms with Crippen LogP contribution in [-0.4, -0.2) is 48.6 Å². The van der Waals surface area contributed by atoms with Gasteiger partial charge in [-0.15, -0.1) is 5.10 Å². The van der Waals surface area contributed by atoms with E-state index in [9.17, 15) is 9.90 Å². The van der Waals surface area contributed by atoms with Crippen molar-refractivity contribution in [3.63, 3.8) is 0 Å². The molecular formula is C32H39N5O3. The van der Waals surface area contributed by atoms with Crippen molar-refractivity contribution < 1.29 is 14.6 Å². The molecule has 1 aliphatic rings. The Kier molecular flexibility index (Phi) is 7.64. The minimum Gasteiger partial charge on any atom is -0.489 e. The second-order valence-electron chi connectivity index (χ2n) is 11.5. The number of nitrogens with zero attached hydrogens (tertiary/aromatic N) is 5. The highest BCUT2D eigenvalue weighted by atomic mass is 16.5. The molecule has 4 aromatic rings. The van der Waals surface area contributed by atoms with Gasteiger partial charge in [-0.25, -0.2) is 4.68 Å². The number of hydrogen-bond acceptors (Lipinski definition) is 6. The molecular weight excluding hydrogens is 502 g/mol. The molecule has 0 saturated carbocycles. The number of aliphatic carboxylic acids is 1. The molecule has 0 bridgehead atoms. The minimum atomic E-state index is -1.06. The Morgan fingerprint density at radius 1 is 1.18 bits per heavy atom. The van der Waals surface area contributed by atoms with Gasteiger partial charge in [0.1, 0.15) is 17.4 Å². The fraction of sp³-hybridized carbons (Fsp3) is 0.438. The van der Waals surface area contributed by atoms with Gasteiger partial charge in [-0.2, -0.15) is 0 Å². The Bertz CT molecular complexity index is 1540. The van der Waals surface area contributed by atoms with Gasteiger partial charge in [-0.3, -0.25) is 14.7 Å². The smallest absolute Gasteiger partial charge is 0.310 e. The number of aryl methyl sites for hydroxylation is 3. The van der Waals surface area contributed by atoms with Crippen molar-refractivity contribution in [2.75, 3.05) is 6.54 Å². The molecule has 2 aromatic heterocycles. The lowest BCUT2D eigenvalue weighted by Gasteiger charge is -2.33. The largest absolute Gasteiger partial charge is 0.489 e. The number of ether oxygens (including phenoxy) is 1. The summed E-state index contributed by atoms with van der Waals surface area (Å²) in [7, 11) is 0. The van der Waals surface area contributed by atoms with Crippen molar-refractivity contribution in [1.29, 1.82) is 0 Å².